The summed E-state index contributed by atoms with van der Waals surface area (Å²) in [6, 6.07) is 0. The highest BCUT2D eigenvalue weighted by Crippen LogP contribution is 2.38. The van der Waals surface area contributed by atoms with Crippen LogP contribution in [0.25, 0.3) is 0 Å². The molecule has 11 heavy (non-hydrogen) atoms. The molecule has 0 N–H and O–H groups in total. The Morgan fingerprint density at radius 1 is 1.55 bits per heavy atom. The Bertz CT molecular complexity index is 189. The normalized spacial score (nSPS) is 30.1. The predicted octanol–water partition coefficient (Wildman–Crippen LogP) is 2.57. The van der Waals surface area contributed by atoms with Gasteiger partial charge in [-0.25, -0.2) is 0 Å². The average molecular weight is 152 g/mol. The van der Waals surface area contributed by atoms with Gasteiger partial charge in [0.05, 0.1) is 0 Å². The summed E-state index contributed by atoms with van der Waals surface area (Å²) in [4.78, 5) is 11.3. The molecule has 0 aromatic carbocycles. The molecule has 1 rings (SSSR count). The van der Waals surface area contributed by atoms with Crippen molar-refractivity contribution in [1.29, 1.82) is 0 Å². The van der Waals surface area contributed by atoms with E-state index in [2.05, 4.69) is 13.8 Å². The number of allylic oxidation sites excluding steroid dienone is 2. The van der Waals surface area contributed by atoms with E-state index in [4.69, 9.17) is 0 Å². The zero-order chi connectivity index (χ0) is 8.48. The number of hydrogen-bond acceptors (Lipinski definition) is 1. The molecule has 1 fully saturated rings. The number of rotatable bonds is 1. The Kier molecular flexibility index (Phi) is 2.17. The highest BCUT2D eigenvalue weighted by Gasteiger charge is 2.35. The second kappa shape index (κ2) is 2.80. The van der Waals surface area contributed by atoms with E-state index in [-0.39, 0.29) is 11.3 Å². The minimum atomic E-state index is 0.204. The van der Waals surface area contributed by atoms with Crippen LogP contribution in [0.15, 0.2) is 12.2 Å². The van der Waals surface area contributed by atoms with Crippen LogP contribution in [0.4, 0.5) is 0 Å². The number of carbonyl (C=O) groups is 1. The summed E-state index contributed by atoms with van der Waals surface area (Å²) in [5.41, 5.74) is 0.237. The van der Waals surface area contributed by atoms with E-state index in [9.17, 15) is 4.79 Å². The van der Waals surface area contributed by atoms with Crippen LogP contribution in [0.1, 0.15) is 33.6 Å². The molecule has 0 saturated heterocycles. The maximum atomic E-state index is 11.3. The first-order valence-corrected chi connectivity index (χ1v) is 4.21. The summed E-state index contributed by atoms with van der Waals surface area (Å²) >= 11 is 0. The first-order chi connectivity index (χ1) is 5.05. The van der Waals surface area contributed by atoms with Crippen LogP contribution in [-0.4, -0.2) is 5.78 Å². The van der Waals surface area contributed by atoms with Crippen LogP contribution in [0, 0.1) is 11.3 Å². The molecule has 1 heteroatoms. The van der Waals surface area contributed by atoms with Gasteiger partial charge in [0.15, 0.2) is 0 Å². The van der Waals surface area contributed by atoms with Crippen molar-refractivity contribution in [3.63, 3.8) is 0 Å². The van der Waals surface area contributed by atoms with Gasteiger partial charge in [0.2, 0.25) is 0 Å². The van der Waals surface area contributed by atoms with E-state index in [1.807, 2.05) is 19.1 Å². The molecule has 0 radical (unpaired) electrons. The van der Waals surface area contributed by atoms with Crippen molar-refractivity contribution < 1.29 is 4.79 Å². The fourth-order valence-corrected chi connectivity index (χ4v) is 1.79. The minimum absolute atomic E-state index is 0.204. The van der Waals surface area contributed by atoms with Crippen molar-refractivity contribution in [1.82, 2.24) is 0 Å². The lowest BCUT2D eigenvalue weighted by Crippen LogP contribution is -2.04. The average Bonchev–Trinajstić information content (AvgIpc) is 2.07. The molecule has 0 amide bonds. The maximum absolute atomic E-state index is 11.3. The van der Waals surface area contributed by atoms with Crippen LogP contribution >= 0.6 is 0 Å². The molecule has 1 saturated carbocycles. The third-order valence-electron chi connectivity index (χ3n) is 2.26. The number of carbonyl (C=O) groups excluding carboxylic acids is 1. The third kappa shape index (κ3) is 1.92. The van der Waals surface area contributed by atoms with E-state index in [1.165, 1.54) is 0 Å². The van der Waals surface area contributed by atoms with E-state index in [0.29, 0.717) is 5.78 Å². The van der Waals surface area contributed by atoms with Gasteiger partial charge in [-0.1, -0.05) is 26.0 Å². The molecule has 0 bridgehead atoms. The summed E-state index contributed by atoms with van der Waals surface area (Å²) in [6.07, 6.45) is 5.78. The smallest absolute Gasteiger partial charge is 0.140 e. The molecule has 1 aliphatic carbocycles. The topological polar surface area (TPSA) is 17.1 Å². The van der Waals surface area contributed by atoms with Crippen molar-refractivity contribution in [2.24, 2.45) is 11.3 Å². The molecule has 0 heterocycles. The summed E-state index contributed by atoms with van der Waals surface area (Å²) in [5.74, 6) is 0.614. The van der Waals surface area contributed by atoms with Crippen LogP contribution in [0.5, 0.6) is 0 Å². The highest BCUT2D eigenvalue weighted by molar-refractivity contribution is 5.85. The standard InChI is InChI=1S/C10H16O/c1-4-5-8-6-10(2,3)7-9(8)11/h4-5,8H,6-7H2,1-3H3/b5-4+. The minimum Gasteiger partial charge on any atom is -0.299 e. The van der Waals surface area contributed by atoms with Crippen molar-refractivity contribution >= 4 is 5.78 Å². The molecule has 0 aromatic heterocycles. The van der Waals surface area contributed by atoms with Crippen LogP contribution in [-0.2, 0) is 4.79 Å². The Labute approximate surface area is 68.5 Å². The van der Waals surface area contributed by atoms with Crippen LogP contribution in [0.3, 0.4) is 0 Å². The largest absolute Gasteiger partial charge is 0.299 e. The van der Waals surface area contributed by atoms with E-state index >= 15 is 0 Å². The molecule has 0 aromatic rings. The molecule has 62 valence electrons. The van der Waals surface area contributed by atoms with Gasteiger partial charge in [-0.2, -0.15) is 0 Å². The van der Waals surface area contributed by atoms with E-state index in [1.54, 1.807) is 0 Å². The second-order valence-electron chi connectivity index (χ2n) is 4.14. The quantitative estimate of drug-likeness (QED) is 0.528. The van der Waals surface area contributed by atoms with Gasteiger partial charge in [-0.05, 0) is 18.8 Å². The van der Waals surface area contributed by atoms with Gasteiger partial charge in [-0.3, -0.25) is 4.79 Å². The third-order valence-corrected chi connectivity index (χ3v) is 2.26. The number of Topliss-reactive ketones (excluding diaryl/α,β-unsaturated/α-hetero) is 1. The van der Waals surface area contributed by atoms with Gasteiger partial charge in [0.1, 0.15) is 5.78 Å². The van der Waals surface area contributed by atoms with Crippen LogP contribution < -0.4 is 0 Å². The van der Waals surface area contributed by atoms with Crippen molar-refractivity contribution in [2.75, 3.05) is 0 Å². The van der Waals surface area contributed by atoms with Gasteiger partial charge >= 0.3 is 0 Å². The van der Waals surface area contributed by atoms with Crippen molar-refractivity contribution in [3.8, 4) is 0 Å². The lowest BCUT2D eigenvalue weighted by Gasteiger charge is -2.13. The van der Waals surface area contributed by atoms with Crippen molar-refractivity contribution in [2.45, 2.75) is 33.6 Å². The highest BCUT2D eigenvalue weighted by atomic mass is 16.1. The fourth-order valence-electron chi connectivity index (χ4n) is 1.79. The summed E-state index contributed by atoms with van der Waals surface area (Å²) < 4.78 is 0. The Morgan fingerprint density at radius 3 is 2.55 bits per heavy atom. The van der Waals surface area contributed by atoms with Gasteiger partial charge in [-0.15, -0.1) is 0 Å². The zero-order valence-corrected chi connectivity index (χ0v) is 7.55. The molecule has 1 aliphatic rings. The van der Waals surface area contributed by atoms with Crippen molar-refractivity contribution in [3.05, 3.63) is 12.2 Å². The Balaban J connectivity index is 2.66. The Hall–Kier alpha value is -0.590. The fraction of sp³-hybridized carbons (Fsp3) is 0.700. The first-order valence-electron chi connectivity index (χ1n) is 4.21. The summed E-state index contributed by atoms with van der Waals surface area (Å²) in [5, 5.41) is 0. The molecule has 0 aliphatic heterocycles. The number of hydrogen-bond donors (Lipinski definition) is 0. The van der Waals surface area contributed by atoms with Gasteiger partial charge in [0.25, 0.3) is 0 Å². The van der Waals surface area contributed by atoms with Gasteiger partial charge < -0.3 is 0 Å². The first kappa shape index (κ1) is 8.51. The maximum Gasteiger partial charge on any atom is 0.140 e. The lowest BCUT2D eigenvalue weighted by atomic mass is 9.90. The zero-order valence-electron chi connectivity index (χ0n) is 7.55. The second-order valence-corrected chi connectivity index (χ2v) is 4.14. The van der Waals surface area contributed by atoms with E-state index in [0.717, 1.165) is 12.8 Å². The molecule has 1 unspecified atom stereocenters. The SMILES string of the molecule is C/C=C/C1CC(C)(C)CC1=O. The molecular formula is C10H16O. The van der Waals surface area contributed by atoms with Gasteiger partial charge in [0, 0.05) is 12.3 Å². The predicted molar refractivity (Wildman–Crippen MR) is 46.3 cm³/mol. The summed E-state index contributed by atoms with van der Waals surface area (Å²) in [7, 11) is 0. The molecule has 1 atom stereocenters. The van der Waals surface area contributed by atoms with E-state index < -0.39 is 0 Å². The molecule has 1 nitrogen and oxygen atoms in total. The summed E-state index contributed by atoms with van der Waals surface area (Å²) in [6.45, 7) is 6.29. The molecular weight excluding hydrogens is 136 g/mol. The molecule has 0 spiro atoms. The number of ketones is 1. The monoisotopic (exact) mass is 152 g/mol. The Morgan fingerprint density at radius 2 is 2.18 bits per heavy atom. The lowest BCUT2D eigenvalue weighted by molar-refractivity contribution is -0.119. The van der Waals surface area contributed by atoms with Crippen LogP contribution in [0.2, 0.25) is 0 Å².